The summed E-state index contributed by atoms with van der Waals surface area (Å²) in [4.78, 5) is 2.33. The second kappa shape index (κ2) is 6.35. The third-order valence-corrected chi connectivity index (χ3v) is 2.86. The number of nitrogens with one attached hydrogen (secondary N) is 1. The standard InChI is InChI=1S/C10H22N2O2/c1-12-5-2-3-9(4-6-12)11-10(7-13)8-14/h9-11,13-14H,2-8H2,1H3. The minimum absolute atomic E-state index is 0.0167. The Bertz CT molecular complexity index is 151. The highest BCUT2D eigenvalue weighted by atomic mass is 16.3. The first-order chi connectivity index (χ1) is 6.76. The zero-order chi connectivity index (χ0) is 10.4. The van der Waals surface area contributed by atoms with Crippen molar-refractivity contribution in [2.75, 3.05) is 33.4 Å². The first-order valence-corrected chi connectivity index (χ1v) is 5.42. The molecule has 0 aromatic heterocycles. The van der Waals surface area contributed by atoms with Crippen molar-refractivity contribution in [3.8, 4) is 0 Å². The lowest BCUT2D eigenvalue weighted by atomic mass is 10.1. The van der Waals surface area contributed by atoms with Gasteiger partial charge in [-0.3, -0.25) is 0 Å². The number of hydrogen-bond acceptors (Lipinski definition) is 4. The first kappa shape index (κ1) is 11.9. The second-order valence-corrected chi connectivity index (χ2v) is 4.16. The molecule has 1 heterocycles. The number of aliphatic hydroxyl groups is 2. The van der Waals surface area contributed by atoms with Crippen LogP contribution in [-0.2, 0) is 0 Å². The maximum Gasteiger partial charge on any atom is 0.0607 e. The molecule has 0 amide bonds. The summed E-state index contributed by atoms with van der Waals surface area (Å²) >= 11 is 0. The summed E-state index contributed by atoms with van der Waals surface area (Å²) in [7, 11) is 2.14. The van der Waals surface area contributed by atoms with E-state index in [-0.39, 0.29) is 19.3 Å². The molecule has 3 N–H and O–H groups in total. The van der Waals surface area contributed by atoms with Crippen molar-refractivity contribution in [3.63, 3.8) is 0 Å². The molecule has 0 aromatic rings. The smallest absolute Gasteiger partial charge is 0.0607 e. The number of likely N-dealkylation sites (tertiary alicyclic amines) is 1. The van der Waals surface area contributed by atoms with Gasteiger partial charge in [0.2, 0.25) is 0 Å². The van der Waals surface area contributed by atoms with Crippen LogP contribution in [0.1, 0.15) is 19.3 Å². The summed E-state index contributed by atoms with van der Waals surface area (Å²) < 4.78 is 0. The summed E-state index contributed by atoms with van der Waals surface area (Å²) in [6.45, 7) is 2.29. The zero-order valence-electron chi connectivity index (χ0n) is 8.95. The fourth-order valence-corrected chi connectivity index (χ4v) is 1.90. The minimum atomic E-state index is -0.150. The monoisotopic (exact) mass is 202 g/mol. The van der Waals surface area contributed by atoms with Crippen LogP contribution >= 0.6 is 0 Å². The van der Waals surface area contributed by atoms with Crippen LogP contribution in [0.2, 0.25) is 0 Å². The Morgan fingerprint density at radius 2 is 2.00 bits per heavy atom. The van der Waals surface area contributed by atoms with Crippen LogP contribution in [-0.4, -0.2) is 60.5 Å². The molecule has 4 heteroatoms. The van der Waals surface area contributed by atoms with Crippen LogP contribution in [0.25, 0.3) is 0 Å². The lowest BCUT2D eigenvalue weighted by Crippen LogP contribution is -2.43. The van der Waals surface area contributed by atoms with Crippen molar-refractivity contribution in [1.82, 2.24) is 10.2 Å². The molecule has 0 aromatic carbocycles. The molecule has 0 bridgehead atoms. The third kappa shape index (κ3) is 3.92. The van der Waals surface area contributed by atoms with E-state index in [0.717, 1.165) is 25.9 Å². The molecule has 84 valence electrons. The van der Waals surface area contributed by atoms with Gasteiger partial charge in [-0.05, 0) is 39.4 Å². The molecule has 1 saturated heterocycles. The third-order valence-electron chi connectivity index (χ3n) is 2.86. The lowest BCUT2D eigenvalue weighted by Gasteiger charge is -2.21. The summed E-state index contributed by atoms with van der Waals surface area (Å²) in [6, 6.07) is 0.299. The van der Waals surface area contributed by atoms with Gasteiger partial charge in [0.15, 0.2) is 0 Å². The minimum Gasteiger partial charge on any atom is -0.395 e. The molecule has 4 nitrogen and oxygen atoms in total. The molecule has 0 spiro atoms. The van der Waals surface area contributed by atoms with Crippen LogP contribution in [0, 0.1) is 0 Å². The number of nitrogens with zero attached hydrogens (tertiary/aromatic N) is 1. The first-order valence-electron chi connectivity index (χ1n) is 5.42. The predicted molar refractivity (Wildman–Crippen MR) is 56.2 cm³/mol. The predicted octanol–water partition coefficient (Wildman–Crippen LogP) is -0.586. The topological polar surface area (TPSA) is 55.7 Å². The molecular weight excluding hydrogens is 180 g/mol. The van der Waals surface area contributed by atoms with E-state index in [4.69, 9.17) is 10.2 Å². The Hall–Kier alpha value is -0.160. The van der Waals surface area contributed by atoms with Crippen molar-refractivity contribution in [1.29, 1.82) is 0 Å². The molecule has 1 atom stereocenters. The Morgan fingerprint density at radius 3 is 2.64 bits per heavy atom. The van der Waals surface area contributed by atoms with Gasteiger partial charge in [0.1, 0.15) is 0 Å². The summed E-state index contributed by atoms with van der Waals surface area (Å²) in [5.74, 6) is 0. The molecule has 1 fully saturated rings. The molecule has 0 radical (unpaired) electrons. The molecule has 1 rings (SSSR count). The maximum atomic E-state index is 8.95. The second-order valence-electron chi connectivity index (χ2n) is 4.16. The molecule has 1 aliphatic rings. The van der Waals surface area contributed by atoms with Gasteiger partial charge in [-0.2, -0.15) is 0 Å². The molecule has 0 aliphatic carbocycles. The quantitative estimate of drug-likeness (QED) is 0.570. The van der Waals surface area contributed by atoms with E-state index < -0.39 is 0 Å². The highest BCUT2D eigenvalue weighted by molar-refractivity contribution is 4.77. The Kier molecular flexibility index (Phi) is 5.40. The van der Waals surface area contributed by atoms with Gasteiger partial charge in [0, 0.05) is 6.04 Å². The van der Waals surface area contributed by atoms with E-state index in [0.29, 0.717) is 6.04 Å². The van der Waals surface area contributed by atoms with Crippen molar-refractivity contribution in [2.45, 2.75) is 31.3 Å². The van der Waals surface area contributed by atoms with Gasteiger partial charge in [0.25, 0.3) is 0 Å². The fourth-order valence-electron chi connectivity index (χ4n) is 1.90. The van der Waals surface area contributed by atoms with Gasteiger partial charge < -0.3 is 20.4 Å². The van der Waals surface area contributed by atoms with Crippen LogP contribution in [0.15, 0.2) is 0 Å². The van der Waals surface area contributed by atoms with Crippen LogP contribution < -0.4 is 5.32 Å². The Labute approximate surface area is 85.9 Å². The Morgan fingerprint density at radius 1 is 1.29 bits per heavy atom. The number of aliphatic hydroxyl groups excluding tert-OH is 2. The maximum absolute atomic E-state index is 8.95. The molecule has 14 heavy (non-hydrogen) atoms. The molecular formula is C10H22N2O2. The largest absolute Gasteiger partial charge is 0.395 e. The van der Waals surface area contributed by atoms with Crippen LogP contribution in [0.4, 0.5) is 0 Å². The normalized spacial score (nSPS) is 25.3. The summed E-state index contributed by atoms with van der Waals surface area (Å²) in [5, 5.41) is 21.2. The van der Waals surface area contributed by atoms with Crippen LogP contribution in [0.5, 0.6) is 0 Å². The molecule has 0 saturated carbocycles. The fraction of sp³-hybridized carbons (Fsp3) is 1.00. The summed E-state index contributed by atoms with van der Waals surface area (Å²) in [5.41, 5.74) is 0. The van der Waals surface area contributed by atoms with E-state index in [9.17, 15) is 0 Å². The van der Waals surface area contributed by atoms with Crippen molar-refractivity contribution >= 4 is 0 Å². The van der Waals surface area contributed by atoms with E-state index in [1.165, 1.54) is 6.42 Å². The van der Waals surface area contributed by atoms with E-state index in [2.05, 4.69) is 17.3 Å². The van der Waals surface area contributed by atoms with Gasteiger partial charge in [-0.25, -0.2) is 0 Å². The average molecular weight is 202 g/mol. The van der Waals surface area contributed by atoms with Crippen molar-refractivity contribution in [3.05, 3.63) is 0 Å². The highest BCUT2D eigenvalue weighted by Gasteiger charge is 2.17. The number of hydrogen-bond donors (Lipinski definition) is 3. The van der Waals surface area contributed by atoms with Gasteiger partial charge >= 0.3 is 0 Å². The van der Waals surface area contributed by atoms with Crippen molar-refractivity contribution in [2.24, 2.45) is 0 Å². The van der Waals surface area contributed by atoms with E-state index in [1.807, 2.05) is 0 Å². The van der Waals surface area contributed by atoms with Gasteiger partial charge in [-0.1, -0.05) is 0 Å². The van der Waals surface area contributed by atoms with Gasteiger partial charge in [0.05, 0.1) is 19.3 Å². The van der Waals surface area contributed by atoms with Crippen LogP contribution in [0.3, 0.4) is 0 Å². The lowest BCUT2D eigenvalue weighted by molar-refractivity contribution is 0.159. The zero-order valence-corrected chi connectivity index (χ0v) is 8.95. The Balaban J connectivity index is 2.29. The molecule has 1 unspecified atom stereocenters. The van der Waals surface area contributed by atoms with E-state index in [1.54, 1.807) is 0 Å². The molecule has 1 aliphatic heterocycles. The average Bonchev–Trinajstić information content (AvgIpc) is 2.40. The van der Waals surface area contributed by atoms with Crippen molar-refractivity contribution < 1.29 is 10.2 Å². The SMILES string of the molecule is CN1CCCC(NC(CO)CO)CC1. The number of rotatable bonds is 4. The highest BCUT2D eigenvalue weighted by Crippen LogP contribution is 2.09. The summed E-state index contributed by atoms with van der Waals surface area (Å²) in [6.07, 6.45) is 3.44. The van der Waals surface area contributed by atoms with Gasteiger partial charge in [-0.15, -0.1) is 0 Å². The van der Waals surface area contributed by atoms with E-state index >= 15 is 0 Å².